The molecule has 0 saturated carbocycles. The first-order chi connectivity index (χ1) is 17.2. The zero-order valence-corrected chi connectivity index (χ0v) is 20.8. The number of hydrogen-bond acceptors (Lipinski definition) is 5. The minimum atomic E-state index is -1.03. The van der Waals surface area contributed by atoms with Gasteiger partial charge in [0.05, 0.1) is 13.7 Å². The molecule has 1 N–H and O–H groups in total. The fourth-order valence-corrected chi connectivity index (χ4v) is 4.75. The second-order valence-corrected chi connectivity index (χ2v) is 9.62. The van der Waals surface area contributed by atoms with Crippen molar-refractivity contribution in [3.63, 3.8) is 0 Å². The lowest BCUT2D eigenvalue weighted by Crippen LogP contribution is -2.60. The minimum Gasteiger partial charge on any atom is -0.497 e. The van der Waals surface area contributed by atoms with Crippen LogP contribution in [0.15, 0.2) is 48.5 Å². The van der Waals surface area contributed by atoms with E-state index in [9.17, 15) is 18.8 Å². The highest BCUT2D eigenvalue weighted by Crippen LogP contribution is 2.39. The number of halogens is 1. The molecule has 0 unspecified atom stereocenters. The van der Waals surface area contributed by atoms with Gasteiger partial charge in [-0.1, -0.05) is 26.0 Å². The Labute approximate surface area is 210 Å². The van der Waals surface area contributed by atoms with E-state index in [0.717, 1.165) is 0 Å². The zero-order valence-electron chi connectivity index (χ0n) is 20.8. The maximum atomic E-state index is 13.8. The highest BCUT2D eigenvalue weighted by Gasteiger charge is 2.54. The Morgan fingerprint density at radius 2 is 1.75 bits per heavy atom. The molecule has 2 aromatic carbocycles. The molecule has 2 aliphatic heterocycles. The predicted molar refractivity (Wildman–Crippen MR) is 131 cm³/mol. The molecule has 0 radical (unpaired) electrons. The molecule has 3 amide bonds. The fraction of sp³-hybridized carbons (Fsp3) is 0.444. The number of carbonyl (C=O) groups excluding carboxylic acids is 3. The Morgan fingerprint density at radius 1 is 1.08 bits per heavy atom. The van der Waals surface area contributed by atoms with E-state index in [-0.39, 0.29) is 35.8 Å². The maximum absolute atomic E-state index is 13.8. The average molecular weight is 498 g/mol. The first-order valence-corrected chi connectivity index (χ1v) is 12.2. The number of methoxy groups -OCH3 is 1. The predicted octanol–water partition coefficient (Wildman–Crippen LogP) is 3.08. The van der Waals surface area contributed by atoms with E-state index in [4.69, 9.17) is 9.47 Å². The summed E-state index contributed by atoms with van der Waals surface area (Å²) in [5.41, 5.74) is -0.369. The van der Waals surface area contributed by atoms with Crippen LogP contribution in [0, 0.1) is 11.7 Å². The lowest BCUT2D eigenvalue weighted by molar-refractivity contribution is -0.128. The van der Waals surface area contributed by atoms with Crippen molar-refractivity contribution in [3.8, 4) is 5.75 Å². The van der Waals surface area contributed by atoms with E-state index >= 15 is 0 Å². The molecule has 0 aliphatic carbocycles. The van der Waals surface area contributed by atoms with Crippen LogP contribution in [0.25, 0.3) is 0 Å². The number of hydrogen-bond donors (Lipinski definition) is 1. The lowest BCUT2D eigenvalue weighted by atomic mass is 9.96. The van der Waals surface area contributed by atoms with Crippen LogP contribution < -0.4 is 10.1 Å². The van der Waals surface area contributed by atoms with E-state index in [0.29, 0.717) is 43.8 Å². The van der Waals surface area contributed by atoms with Gasteiger partial charge >= 0.3 is 0 Å². The summed E-state index contributed by atoms with van der Waals surface area (Å²) in [7, 11) is 1.53. The normalized spacial score (nSPS) is 19.0. The van der Waals surface area contributed by atoms with Gasteiger partial charge in [0, 0.05) is 43.6 Å². The molecule has 0 aromatic heterocycles. The molecule has 1 atom stereocenters. The number of ether oxygens (including phenoxy) is 2. The Morgan fingerprint density at radius 3 is 2.39 bits per heavy atom. The molecule has 4 rings (SSSR count). The Kier molecular flexibility index (Phi) is 7.59. The van der Waals surface area contributed by atoms with Crippen molar-refractivity contribution in [3.05, 3.63) is 65.5 Å². The third kappa shape index (κ3) is 5.21. The SMILES string of the molecule is COc1cccc(C(=O)N2[C@@H](C(=O)NCC(C)C)COC23CCN(C(=O)c2cccc(F)c2)CC3)c1. The monoisotopic (exact) mass is 497 g/mol. The van der Waals surface area contributed by atoms with Crippen LogP contribution in [0.5, 0.6) is 5.75 Å². The summed E-state index contributed by atoms with van der Waals surface area (Å²) in [5.74, 6) is -0.565. The van der Waals surface area contributed by atoms with Crippen molar-refractivity contribution in [1.29, 1.82) is 0 Å². The summed E-state index contributed by atoms with van der Waals surface area (Å²) >= 11 is 0. The Balaban J connectivity index is 1.58. The third-order valence-electron chi connectivity index (χ3n) is 6.69. The van der Waals surface area contributed by atoms with E-state index in [1.54, 1.807) is 40.1 Å². The number of nitrogens with zero attached hydrogens (tertiary/aromatic N) is 2. The van der Waals surface area contributed by atoms with Gasteiger partial charge in [0.25, 0.3) is 11.8 Å². The summed E-state index contributed by atoms with van der Waals surface area (Å²) in [6, 6.07) is 11.6. The van der Waals surface area contributed by atoms with Crippen LogP contribution in [0.3, 0.4) is 0 Å². The number of benzene rings is 2. The van der Waals surface area contributed by atoms with Gasteiger partial charge in [0.2, 0.25) is 5.91 Å². The molecule has 2 aromatic rings. The van der Waals surface area contributed by atoms with E-state index in [1.807, 2.05) is 13.8 Å². The van der Waals surface area contributed by atoms with Gasteiger partial charge in [0.1, 0.15) is 23.3 Å². The molecule has 36 heavy (non-hydrogen) atoms. The number of amides is 3. The van der Waals surface area contributed by atoms with Crippen LogP contribution in [0.1, 0.15) is 47.4 Å². The van der Waals surface area contributed by atoms with Crippen molar-refractivity contribution in [2.45, 2.75) is 38.5 Å². The van der Waals surface area contributed by atoms with Crippen molar-refractivity contribution < 1.29 is 28.2 Å². The van der Waals surface area contributed by atoms with Gasteiger partial charge in [-0.05, 0) is 42.3 Å². The number of nitrogens with one attached hydrogen (secondary N) is 1. The number of rotatable bonds is 6. The molecule has 2 fully saturated rings. The minimum absolute atomic E-state index is 0.0669. The zero-order chi connectivity index (χ0) is 25.9. The van der Waals surface area contributed by atoms with Crippen LogP contribution in [0.4, 0.5) is 4.39 Å². The van der Waals surface area contributed by atoms with Gasteiger partial charge in [-0.15, -0.1) is 0 Å². The van der Waals surface area contributed by atoms with Gasteiger partial charge in [-0.2, -0.15) is 0 Å². The van der Waals surface area contributed by atoms with Gasteiger partial charge in [-0.25, -0.2) is 4.39 Å². The van der Waals surface area contributed by atoms with Crippen LogP contribution in [-0.4, -0.2) is 72.6 Å². The van der Waals surface area contributed by atoms with E-state index in [1.165, 1.54) is 25.3 Å². The molecule has 192 valence electrons. The van der Waals surface area contributed by atoms with Gasteiger partial charge < -0.3 is 19.7 Å². The molecular formula is C27H32FN3O5. The summed E-state index contributed by atoms with van der Waals surface area (Å²) in [5, 5.41) is 2.92. The van der Waals surface area contributed by atoms with Crippen molar-refractivity contribution in [2.24, 2.45) is 5.92 Å². The standard InChI is InChI=1S/C27H32FN3O5/c1-18(2)16-29-24(32)23-17-36-27(31(23)26(34)20-7-5-9-22(15-20)35-3)10-12-30(13-11-27)25(33)19-6-4-8-21(28)14-19/h4-9,14-15,18,23H,10-13,16-17H2,1-3H3,(H,29,32)/t23-/m1/s1. The molecule has 2 aliphatic rings. The molecule has 1 spiro atoms. The second kappa shape index (κ2) is 10.7. The Hall–Kier alpha value is -3.46. The summed E-state index contributed by atoms with van der Waals surface area (Å²) in [6.45, 7) is 5.15. The molecule has 2 saturated heterocycles. The van der Waals surface area contributed by atoms with E-state index < -0.39 is 17.6 Å². The maximum Gasteiger partial charge on any atom is 0.257 e. The molecule has 2 heterocycles. The highest BCUT2D eigenvalue weighted by molar-refractivity contribution is 5.99. The second-order valence-electron chi connectivity index (χ2n) is 9.62. The van der Waals surface area contributed by atoms with Crippen molar-refractivity contribution in [2.75, 3.05) is 33.4 Å². The van der Waals surface area contributed by atoms with E-state index in [2.05, 4.69) is 5.32 Å². The van der Waals surface area contributed by atoms with Crippen LogP contribution >= 0.6 is 0 Å². The number of likely N-dealkylation sites (tertiary alicyclic amines) is 1. The molecule has 8 nitrogen and oxygen atoms in total. The smallest absolute Gasteiger partial charge is 0.257 e. The van der Waals surface area contributed by atoms with Crippen molar-refractivity contribution >= 4 is 17.7 Å². The number of carbonyl (C=O) groups is 3. The van der Waals surface area contributed by atoms with Crippen LogP contribution in [-0.2, 0) is 9.53 Å². The summed E-state index contributed by atoms with van der Waals surface area (Å²) in [6.07, 6.45) is 0.662. The lowest BCUT2D eigenvalue weighted by Gasteiger charge is -2.44. The first kappa shape index (κ1) is 25.6. The largest absolute Gasteiger partial charge is 0.497 e. The average Bonchev–Trinajstić information content (AvgIpc) is 3.25. The summed E-state index contributed by atoms with van der Waals surface area (Å²) in [4.78, 5) is 43.0. The molecule has 0 bridgehead atoms. The Bertz CT molecular complexity index is 1130. The van der Waals surface area contributed by atoms with Gasteiger partial charge in [0.15, 0.2) is 0 Å². The molecule has 9 heteroatoms. The first-order valence-electron chi connectivity index (χ1n) is 12.2. The fourth-order valence-electron chi connectivity index (χ4n) is 4.75. The van der Waals surface area contributed by atoms with Gasteiger partial charge in [-0.3, -0.25) is 19.3 Å². The number of piperidine rings is 1. The molecular weight excluding hydrogens is 465 g/mol. The topological polar surface area (TPSA) is 88.2 Å². The third-order valence-corrected chi connectivity index (χ3v) is 6.69. The quantitative estimate of drug-likeness (QED) is 0.663. The highest BCUT2D eigenvalue weighted by atomic mass is 19.1. The summed E-state index contributed by atoms with van der Waals surface area (Å²) < 4.78 is 25.1. The van der Waals surface area contributed by atoms with Crippen molar-refractivity contribution in [1.82, 2.24) is 15.1 Å². The van der Waals surface area contributed by atoms with Crippen LogP contribution in [0.2, 0.25) is 0 Å².